The van der Waals surface area contributed by atoms with Gasteiger partial charge in [0.2, 0.25) is 5.13 Å². The van der Waals surface area contributed by atoms with Crippen molar-refractivity contribution in [3.05, 3.63) is 23.5 Å². The first-order valence-corrected chi connectivity index (χ1v) is 5.31. The minimum Gasteiger partial charge on any atom is -0.396 e. The van der Waals surface area contributed by atoms with Crippen LogP contribution in [0.15, 0.2) is 17.8 Å². The molecule has 0 aliphatic rings. The van der Waals surface area contributed by atoms with Crippen molar-refractivity contribution >= 4 is 17.0 Å². The molecule has 0 fully saturated rings. The van der Waals surface area contributed by atoms with Gasteiger partial charge in [-0.15, -0.1) is 11.3 Å². The number of thiazole rings is 1. The first-order valence-electron chi connectivity index (χ1n) is 4.43. The molecular formula is C9H12N4S. The molecule has 0 atom stereocenters. The van der Waals surface area contributed by atoms with Gasteiger partial charge in [-0.1, -0.05) is 13.8 Å². The second-order valence-corrected chi connectivity index (χ2v) is 4.24. The monoisotopic (exact) mass is 208 g/mol. The number of hydrogen-bond donors (Lipinski definition) is 1. The number of nitrogen functional groups attached to an aromatic ring is 1. The largest absolute Gasteiger partial charge is 0.396 e. The second-order valence-electron chi connectivity index (χ2n) is 3.37. The van der Waals surface area contributed by atoms with E-state index in [1.54, 1.807) is 23.7 Å². The van der Waals surface area contributed by atoms with Crippen molar-refractivity contribution in [3.63, 3.8) is 0 Å². The molecule has 4 nitrogen and oxygen atoms in total. The summed E-state index contributed by atoms with van der Waals surface area (Å²) >= 11 is 1.55. The molecule has 0 aliphatic carbocycles. The van der Waals surface area contributed by atoms with Crippen LogP contribution in [-0.4, -0.2) is 14.8 Å². The van der Waals surface area contributed by atoms with Crippen LogP contribution in [0.4, 0.5) is 5.69 Å². The summed E-state index contributed by atoms with van der Waals surface area (Å²) in [5.41, 5.74) is 7.60. The first-order chi connectivity index (χ1) is 6.70. The topological polar surface area (TPSA) is 56.7 Å². The molecule has 0 amide bonds. The van der Waals surface area contributed by atoms with Crippen molar-refractivity contribution in [2.75, 3.05) is 5.73 Å². The van der Waals surface area contributed by atoms with Crippen molar-refractivity contribution in [1.82, 2.24) is 14.8 Å². The Bertz CT molecular complexity index is 416. The van der Waals surface area contributed by atoms with Gasteiger partial charge in [0.15, 0.2) is 0 Å². The smallest absolute Gasteiger partial charge is 0.210 e. The van der Waals surface area contributed by atoms with Crippen molar-refractivity contribution in [2.24, 2.45) is 0 Å². The molecule has 0 saturated heterocycles. The number of hydrogen-bond acceptors (Lipinski definition) is 4. The summed E-state index contributed by atoms with van der Waals surface area (Å²) in [6, 6.07) is 0. The summed E-state index contributed by atoms with van der Waals surface area (Å²) in [4.78, 5) is 4.21. The van der Waals surface area contributed by atoms with Gasteiger partial charge in [-0.3, -0.25) is 0 Å². The summed E-state index contributed by atoms with van der Waals surface area (Å²) in [6.45, 7) is 4.19. The van der Waals surface area contributed by atoms with E-state index >= 15 is 0 Å². The first kappa shape index (κ1) is 9.21. The van der Waals surface area contributed by atoms with E-state index in [0.29, 0.717) is 5.92 Å². The lowest BCUT2D eigenvalue weighted by molar-refractivity contribution is 0.732. The van der Waals surface area contributed by atoms with Crippen molar-refractivity contribution < 1.29 is 0 Å². The van der Waals surface area contributed by atoms with E-state index in [9.17, 15) is 0 Å². The Morgan fingerprint density at radius 3 is 2.86 bits per heavy atom. The third-order valence-corrected chi connectivity index (χ3v) is 2.73. The summed E-state index contributed by atoms with van der Waals surface area (Å²) in [6.07, 6.45) is 3.44. The van der Waals surface area contributed by atoms with E-state index in [1.165, 1.54) is 0 Å². The van der Waals surface area contributed by atoms with E-state index in [2.05, 4.69) is 23.9 Å². The summed E-state index contributed by atoms with van der Waals surface area (Å²) in [5, 5.41) is 7.01. The maximum absolute atomic E-state index is 5.84. The predicted octanol–water partition coefficient (Wildman–Crippen LogP) is 2.03. The fourth-order valence-electron chi connectivity index (χ4n) is 1.42. The highest BCUT2D eigenvalue weighted by Crippen LogP contribution is 2.24. The Morgan fingerprint density at radius 2 is 2.29 bits per heavy atom. The quantitative estimate of drug-likeness (QED) is 0.821. The fraction of sp³-hybridized carbons (Fsp3) is 0.333. The van der Waals surface area contributed by atoms with Gasteiger partial charge in [-0.2, -0.15) is 5.10 Å². The van der Waals surface area contributed by atoms with Gasteiger partial charge in [0, 0.05) is 11.6 Å². The van der Waals surface area contributed by atoms with Crippen LogP contribution in [0.5, 0.6) is 0 Å². The lowest BCUT2D eigenvalue weighted by Crippen LogP contribution is -2.04. The standard InChI is InChI=1S/C9H12N4S/c1-6(2)8-7(10)5-12-13(8)9-11-3-4-14-9/h3-6H,10H2,1-2H3. The molecule has 2 heterocycles. The molecule has 0 aromatic carbocycles. The molecule has 2 aromatic rings. The number of aromatic nitrogens is 3. The number of anilines is 1. The van der Waals surface area contributed by atoms with Gasteiger partial charge >= 0.3 is 0 Å². The van der Waals surface area contributed by atoms with Gasteiger partial charge in [0.1, 0.15) is 0 Å². The van der Waals surface area contributed by atoms with Gasteiger partial charge in [-0.25, -0.2) is 9.67 Å². The van der Waals surface area contributed by atoms with Gasteiger partial charge in [0.25, 0.3) is 0 Å². The third-order valence-electron chi connectivity index (χ3n) is 1.98. The number of rotatable bonds is 2. The van der Waals surface area contributed by atoms with Crippen LogP contribution in [0.25, 0.3) is 5.13 Å². The lowest BCUT2D eigenvalue weighted by Gasteiger charge is -2.07. The third kappa shape index (κ3) is 1.39. The molecule has 0 unspecified atom stereocenters. The van der Waals surface area contributed by atoms with E-state index in [0.717, 1.165) is 16.5 Å². The van der Waals surface area contributed by atoms with Crippen LogP contribution in [0, 0.1) is 0 Å². The van der Waals surface area contributed by atoms with Crippen molar-refractivity contribution in [2.45, 2.75) is 19.8 Å². The molecule has 0 radical (unpaired) electrons. The van der Waals surface area contributed by atoms with Crippen LogP contribution in [0.2, 0.25) is 0 Å². The molecular weight excluding hydrogens is 196 g/mol. The Kier molecular flexibility index (Phi) is 2.25. The Balaban J connectivity index is 2.54. The Labute approximate surface area is 86.4 Å². The Morgan fingerprint density at radius 1 is 1.50 bits per heavy atom. The second kappa shape index (κ2) is 3.42. The molecule has 2 aromatic heterocycles. The molecule has 5 heteroatoms. The van der Waals surface area contributed by atoms with Crippen LogP contribution < -0.4 is 5.73 Å². The molecule has 0 bridgehead atoms. The zero-order valence-electron chi connectivity index (χ0n) is 8.14. The van der Waals surface area contributed by atoms with Crippen molar-refractivity contribution in [3.8, 4) is 5.13 Å². The highest BCUT2D eigenvalue weighted by molar-refractivity contribution is 7.12. The lowest BCUT2D eigenvalue weighted by atomic mass is 10.1. The van der Waals surface area contributed by atoms with Gasteiger partial charge in [0.05, 0.1) is 17.6 Å². The molecule has 74 valence electrons. The Hall–Kier alpha value is -1.36. The molecule has 0 saturated carbocycles. The van der Waals surface area contributed by atoms with E-state index in [4.69, 9.17) is 5.73 Å². The average molecular weight is 208 g/mol. The van der Waals surface area contributed by atoms with Crippen LogP contribution >= 0.6 is 11.3 Å². The normalized spacial score (nSPS) is 11.1. The SMILES string of the molecule is CC(C)c1c(N)cnn1-c1nccs1. The maximum atomic E-state index is 5.84. The minimum absolute atomic E-state index is 0.349. The van der Waals surface area contributed by atoms with Gasteiger partial charge < -0.3 is 5.73 Å². The molecule has 2 N–H and O–H groups in total. The summed E-state index contributed by atoms with van der Waals surface area (Å²) in [7, 11) is 0. The molecule has 14 heavy (non-hydrogen) atoms. The zero-order chi connectivity index (χ0) is 10.1. The van der Waals surface area contributed by atoms with E-state index in [1.807, 2.05) is 10.1 Å². The fourth-order valence-corrected chi connectivity index (χ4v) is 2.03. The molecule has 2 rings (SSSR count). The minimum atomic E-state index is 0.349. The van der Waals surface area contributed by atoms with E-state index < -0.39 is 0 Å². The predicted molar refractivity (Wildman–Crippen MR) is 57.7 cm³/mol. The zero-order valence-corrected chi connectivity index (χ0v) is 8.95. The highest BCUT2D eigenvalue weighted by atomic mass is 32.1. The van der Waals surface area contributed by atoms with Crippen LogP contribution in [0.3, 0.4) is 0 Å². The van der Waals surface area contributed by atoms with E-state index in [-0.39, 0.29) is 0 Å². The maximum Gasteiger partial charge on any atom is 0.210 e. The van der Waals surface area contributed by atoms with Crippen LogP contribution in [0.1, 0.15) is 25.5 Å². The highest BCUT2D eigenvalue weighted by Gasteiger charge is 2.14. The number of nitrogens with two attached hydrogens (primary N) is 1. The van der Waals surface area contributed by atoms with Crippen LogP contribution in [-0.2, 0) is 0 Å². The number of nitrogens with zero attached hydrogens (tertiary/aromatic N) is 3. The van der Waals surface area contributed by atoms with Gasteiger partial charge in [-0.05, 0) is 5.92 Å². The summed E-state index contributed by atoms with van der Waals surface area (Å²) < 4.78 is 1.81. The molecule has 0 spiro atoms. The van der Waals surface area contributed by atoms with Crippen molar-refractivity contribution in [1.29, 1.82) is 0 Å². The summed E-state index contributed by atoms with van der Waals surface area (Å²) in [5.74, 6) is 0.349. The average Bonchev–Trinajstić information content (AvgIpc) is 2.70. The molecule has 0 aliphatic heterocycles.